The van der Waals surface area contributed by atoms with E-state index in [-0.39, 0.29) is 5.75 Å². The standard InChI is InChI=1S/C25H33NO3S/c27-25-23(20-12-6-2-7-13-20)16-22(17-24(25)21-14-8-3-9-15-21)26-30(28,29)18-19-10-4-1-5-11-19/h1,4-5,10-11,16-17,20-21,26-27H,2-3,6-9,12-15,18H2. The molecule has 0 radical (unpaired) electrons. The van der Waals surface area contributed by atoms with Crippen molar-refractivity contribution >= 4 is 15.7 Å². The summed E-state index contributed by atoms with van der Waals surface area (Å²) in [5.74, 6) is 1.01. The monoisotopic (exact) mass is 427 g/mol. The number of anilines is 1. The fourth-order valence-electron chi connectivity index (χ4n) is 5.20. The lowest BCUT2D eigenvalue weighted by Gasteiger charge is -2.28. The van der Waals surface area contributed by atoms with Gasteiger partial charge in [-0.2, -0.15) is 0 Å². The SMILES string of the molecule is O=S(=O)(Cc1ccccc1)Nc1cc(C2CCCCC2)c(O)c(C2CCCCC2)c1. The first-order valence-electron chi connectivity index (χ1n) is 11.4. The van der Waals surface area contributed by atoms with Gasteiger partial charge >= 0.3 is 0 Å². The molecule has 2 aliphatic rings. The average molecular weight is 428 g/mol. The molecule has 2 aromatic carbocycles. The van der Waals surface area contributed by atoms with E-state index in [2.05, 4.69) is 4.72 Å². The smallest absolute Gasteiger partial charge is 0.236 e. The summed E-state index contributed by atoms with van der Waals surface area (Å²) in [6.45, 7) is 0. The number of rotatable bonds is 6. The van der Waals surface area contributed by atoms with Crippen molar-refractivity contribution in [3.63, 3.8) is 0 Å². The van der Waals surface area contributed by atoms with Crippen LogP contribution in [0.3, 0.4) is 0 Å². The van der Waals surface area contributed by atoms with Gasteiger partial charge in [-0.25, -0.2) is 8.42 Å². The molecule has 0 saturated heterocycles. The highest BCUT2D eigenvalue weighted by molar-refractivity contribution is 7.91. The molecule has 2 aliphatic carbocycles. The van der Waals surface area contributed by atoms with Gasteiger partial charge in [0.25, 0.3) is 0 Å². The molecule has 0 spiro atoms. The highest BCUT2D eigenvalue weighted by atomic mass is 32.2. The molecule has 0 aromatic heterocycles. The number of nitrogens with one attached hydrogen (secondary N) is 1. The van der Waals surface area contributed by atoms with E-state index in [4.69, 9.17) is 0 Å². The molecule has 0 aliphatic heterocycles. The molecule has 0 atom stereocenters. The van der Waals surface area contributed by atoms with Crippen LogP contribution in [0.2, 0.25) is 0 Å². The summed E-state index contributed by atoms with van der Waals surface area (Å²) in [4.78, 5) is 0. The Balaban J connectivity index is 1.65. The summed E-state index contributed by atoms with van der Waals surface area (Å²) >= 11 is 0. The normalized spacial score (nSPS) is 18.9. The first-order valence-corrected chi connectivity index (χ1v) is 13.1. The second kappa shape index (κ2) is 9.42. The Morgan fingerprint density at radius 2 is 1.30 bits per heavy atom. The second-order valence-corrected chi connectivity index (χ2v) is 10.7. The summed E-state index contributed by atoms with van der Waals surface area (Å²) in [6.07, 6.45) is 11.5. The van der Waals surface area contributed by atoms with Crippen molar-refractivity contribution < 1.29 is 13.5 Å². The minimum absolute atomic E-state index is 0.0494. The first-order chi connectivity index (χ1) is 14.5. The number of phenolic OH excluding ortho intramolecular Hbond substituents is 1. The van der Waals surface area contributed by atoms with Crippen LogP contribution in [0.15, 0.2) is 42.5 Å². The van der Waals surface area contributed by atoms with Crippen molar-refractivity contribution in [3.8, 4) is 5.75 Å². The minimum atomic E-state index is -3.53. The van der Waals surface area contributed by atoms with Crippen LogP contribution in [0.4, 0.5) is 5.69 Å². The van der Waals surface area contributed by atoms with E-state index in [1.807, 2.05) is 42.5 Å². The zero-order valence-corrected chi connectivity index (χ0v) is 18.5. The van der Waals surface area contributed by atoms with Gasteiger partial charge < -0.3 is 5.11 Å². The third-order valence-corrected chi connectivity index (χ3v) is 7.99. The Bertz CT molecular complexity index is 905. The fraction of sp³-hybridized carbons (Fsp3) is 0.520. The lowest BCUT2D eigenvalue weighted by Crippen LogP contribution is -2.16. The Morgan fingerprint density at radius 3 is 1.80 bits per heavy atom. The Hall–Kier alpha value is -2.01. The van der Waals surface area contributed by atoms with Gasteiger partial charge in [-0.1, -0.05) is 68.9 Å². The quantitative estimate of drug-likeness (QED) is 0.522. The molecule has 162 valence electrons. The molecule has 2 aromatic rings. The summed E-state index contributed by atoms with van der Waals surface area (Å²) < 4.78 is 28.5. The van der Waals surface area contributed by atoms with Gasteiger partial charge in [-0.3, -0.25) is 4.72 Å². The molecule has 2 saturated carbocycles. The Labute approximate surface area is 180 Å². The summed E-state index contributed by atoms with van der Waals surface area (Å²) in [5.41, 5.74) is 3.25. The Morgan fingerprint density at radius 1 is 0.800 bits per heavy atom. The van der Waals surface area contributed by atoms with Gasteiger partial charge in [0.05, 0.1) is 5.75 Å². The van der Waals surface area contributed by atoms with E-state index < -0.39 is 10.0 Å². The number of phenols is 1. The molecule has 0 amide bonds. The van der Waals surface area contributed by atoms with Crippen molar-refractivity contribution in [2.45, 2.75) is 81.8 Å². The van der Waals surface area contributed by atoms with Gasteiger partial charge in [-0.15, -0.1) is 0 Å². The summed E-state index contributed by atoms with van der Waals surface area (Å²) in [7, 11) is -3.53. The number of hydrogen-bond donors (Lipinski definition) is 2. The topological polar surface area (TPSA) is 66.4 Å². The fourth-order valence-corrected chi connectivity index (χ4v) is 6.38. The lowest BCUT2D eigenvalue weighted by atomic mass is 9.79. The first kappa shape index (κ1) is 21.2. The van der Waals surface area contributed by atoms with Crippen LogP contribution in [0.1, 0.15) is 92.7 Å². The van der Waals surface area contributed by atoms with E-state index in [1.54, 1.807) is 0 Å². The molecule has 2 N–H and O–H groups in total. The van der Waals surface area contributed by atoms with Crippen LogP contribution < -0.4 is 4.72 Å². The van der Waals surface area contributed by atoms with E-state index in [0.29, 0.717) is 23.3 Å². The van der Waals surface area contributed by atoms with Gasteiger partial charge in [0.2, 0.25) is 10.0 Å². The van der Waals surface area contributed by atoms with E-state index in [9.17, 15) is 13.5 Å². The number of benzene rings is 2. The Kier molecular flexibility index (Phi) is 6.67. The maximum absolute atomic E-state index is 12.9. The maximum Gasteiger partial charge on any atom is 0.236 e. The van der Waals surface area contributed by atoms with Gasteiger partial charge in [0, 0.05) is 5.69 Å². The van der Waals surface area contributed by atoms with E-state index in [0.717, 1.165) is 42.4 Å². The number of aromatic hydroxyl groups is 1. The molecule has 0 unspecified atom stereocenters. The van der Waals surface area contributed by atoms with Crippen molar-refractivity contribution in [1.29, 1.82) is 0 Å². The van der Waals surface area contributed by atoms with E-state index in [1.165, 1.54) is 38.5 Å². The zero-order valence-electron chi connectivity index (χ0n) is 17.6. The molecule has 0 heterocycles. The molecule has 30 heavy (non-hydrogen) atoms. The predicted octanol–water partition coefficient (Wildman–Crippen LogP) is 6.43. The van der Waals surface area contributed by atoms with Crippen LogP contribution in [0.25, 0.3) is 0 Å². The number of sulfonamides is 1. The highest BCUT2D eigenvalue weighted by Crippen LogP contribution is 2.45. The average Bonchev–Trinajstić information content (AvgIpc) is 2.76. The van der Waals surface area contributed by atoms with Crippen molar-refractivity contribution in [2.75, 3.05) is 4.72 Å². The lowest BCUT2D eigenvalue weighted by molar-refractivity contribution is 0.393. The van der Waals surface area contributed by atoms with Gasteiger partial charge in [-0.05, 0) is 66.3 Å². The highest BCUT2D eigenvalue weighted by Gasteiger charge is 2.26. The van der Waals surface area contributed by atoms with Gasteiger partial charge in [0.15, 0.2) is 0 Å². The third-order valence-electron chi connectivity index (χ3n) is 6.73. The zero-order chi connectivity index (χ0) is 21.0. The van der Waals surface area contributed by atoms with Crippen LogP contribution in [-0.2, 0) is 15.8 Å². The van der Waals surface area contributed by atoms with Crippen molar-refractivity contribution in [1.82, 2.24) is 0 Å². The third kappa shape index (κ3) is 5.18. The predicted molar refractivity (Wildman–Crippen MR) is 122 cm³/mol. The molecule has 2 fully saturated rings. The number of hydrogen-bond acceptors (Lipinski definition) is 3. The van der Waals surface area contributed by atoms with Crippen LogP contribution in [-0.4, -0.2) is 13.5 Å². The largest absolute Gasteiger partial charge is 0.507 e. The van der Waals surface area contributed by atoms with Gasteiger partial charge in [0.1, 0.15) is 5.75 Å². The van der Waals surface area contributed by atoms with Crippen LogP contribution >= 0.6 is 0 Å². The molecular weight excluding hydrogens is 394 g/mol. The van der Waals surface area contributed by atoms with Crippen molar-refractivity contribution in [2.24, 2.45) is 0 Å². The minimum Gasteiger partial charge on any atom is -0.507 e. The molecule has 4 rings (SSSR count). The molecular formula is C25H33NO3S. The van der Waals surface area contributed by atoms with Crippen LogP contribution in [0.5, 0.6) is 5.75 Å². The van der Waals surface area contributed by atoms with E-state index >= 15 is 0 Å². The summed E-state index contributed by atoms with van der Waals surface area (Å²) in [5, 5.41) is 11.2. The molecule has 5 heteroatoms. The molecule has 4 nitrogen and oxygen atoms in total. The van der Waals surface area contributed by atoms with Crippen LogP contribution in [0, 0.1) is 0 Å². The summed E-state index contributed by atoms with van der Waals surface area (Å²) in [6, 6.07) is 13.0. The second-order valence-electron chi connectivity index (χ2n) is 9.02. The van der Waals surface area contributed by atoms with Crippen molar-refractivity contribution in [3.05, 3.63) is 59.2 Å². The molecule has 0 bridgehead atoms. The maximum atomic E-state index is 12.9.